The Morgan fingerprint density at radius 3 is 2.59 bits per heavy atom. The van der Waals surface area contributed by atoms with Crippen molar-refractivity contribution >= 4 is 11.8 Å². The molecule has 156 valence electrons. The fraction of sp³-hybridized carbons (Fsp3) is 0.444. The van der Waals surface area contributed by atoms with Crippen LogP contribution in [0, 0.1) is 10.1 Å². The number of nitrogens with one attached hydrogen (secondary N) is 1. The number of nitro groups is 1. The van der Waals surface area contributed by atoms with Gasteiger partial charge in [-0.15, -0.1) is 0 Å². The molecule has 29 heavy (non-hydrogen) atoms. The van der Waals surface area contributed by atoms with Crippen LogP contribution >= 0.6 is 0 Å². The molecule has 0 fully saturated rings. The average molecular weight is 412 g/mol. The number of ether oxygens (including phenoxy) is 1. The summed E-state index contributed by atoms with van der Waals surface area (Å²) in [5.74, 6) is 0. The van der Waals surface area contributed by atoms with Crippen LogP contribution in [0.3, 0.4) is 0 Å². The summed E-state index contributed by atoms with van der Waals surface area (Å²) < 4.78 is 44.5. The van der Waals surface area contributed by atoms with E-state index in [2.05, 4.69) is 10.2 Å². The van der Waals surface area contributed by atoms with Gasteiger partial charge in [0.1, 0.15) is 11.2 Å². The molecule has 1 amide bonds. The van der Waals surface area contributed by atoms with E-state index in [0.717, 1.165) is 17.8 Å². The molecule has 1 aliphatic rings. The van der Waals surface area contributed by atoms with Gasteiger partial charge >= 0.3 is 12.3 Å². The number of fused-ring (bicyclic) bond motifs is 1. The van der Waals surface area contributed by atoms with Crippen molar-refractivity contribution in [2.75, 3.05) is 6.54 Å². The third-order valence-corrected chi connectivity index (χ3v) is 4.36. The molecule has 0 atom stereocenters. The van der Waals surface area contributed by atoms with E-state index in [0.29, 0.717) is 24.6 Å². The topological polar surface area (TPSA) is 101 Å². The van der Waals surface area contributed by atoms with E-state index in [1.807, 2.05) is 0 Å². The highest BCUT2D eigenvalue weighted by Crippen LogP contribution is 2.39. The maximum absolute atomic E-state index is 13.0. The minimum Gasteiger partial charge on any atom is -0.444 e. The van der Waals surface area contributed by atoms with Gasteiger partial charge in [0.25, 0.3) is 5.69 Å². The first-order chi connectivity index (χ1) is 13.4. The van der Waals surface area contributed by atoms with Gasteiger partial charge < -0.3 is 9.64 Å². The second kappa shape index (κ2) is 7.05. The van der Waals surface area contributed by atoms with Crippen LogP contribution in [0.5, 0.6) is 0 Å². The third-order valence-electron chi connectivity index (χ3n) is 4.36. The number of halogens is 3. The van der Waals surface area contributed by atoms with Crippen LogP contribution in [-0.2, 0) is 23.9 Å². The van der Waals surface area contributed by atoms with E-state index >= 15 is 0 Å². The SMILES string of the molecule is CC(C)(C)OC(=O)N1CCc2[nH]nc(-c3ccc(C(F)(F)F)c([N+](=O)[O-])c3)c2C1. The molecule has 1 aliphatic heterocycles. The first-order valence-electron chi connectivity index (χ1n) is 8.77. The summed E-state index contributed by atoms with van der Waals surface area (Å²) in [5.41, 5.74) is -1.31. The minimum atomic E-state index is -4.85. The normalized spacial score (nSPS) is 14.5. The summed E-state index contributed by atoms with van der Waals surface area (Å²) in [6, 6.07) is 2.66. The lowest BCUT2D eigenvalue weighted by atomic mass is 9.99. The van der Waals surface area contributed by atoms with Gasteiger partial charge in [-0.05, 0) is 26.8 Å². The molecule has 0 unspecified atom stereocenters. The average Bonchev–Trinajstić information content (AvgIpc) is 3.02. The second-order valence-corrected chi connectivity index (χ2v) is 7.67. The molecule has 0 aliphatic carbocycles. The van der Waals surface area contributed by atoms with Crippen LogP contribution < -0.4 is 0 Å². The van der Waals surface area contributed by atoms with Gasteiger partial charge in [-0.3, -0.25) is 15.2 Å². The maximum atomic E-state index is 13.0. The number of hydrogen-bond acceptors (Lipinski definition) is 5. The molecule has 0 radical (unpaired) electrons. The molecule has 0 saturated carbocycles. The number of carbonyl (C=O) groups excluding carboxylic acids is 1. The summed E-state index contributed by atoms with van der Waals surface area (Å²) in [4.78, 5) is 23.9. The van der Waals surface area contributed by atoms with Crippen molar-refractivity contribution in [1.29, 1.82) is 0 Å². The van der Waals surface area contributed by atoms with Crippen molar-refractivity contribution in [1.82, 2.24) is 15.1 Å². The molecule has 0 saturated heterocycles. The van der Waals surface area contributed by atoms with Crippen molar-refractivity contribution in [3.8, 4) is 11.3 Å². The van der Waals surface area contributed by atoms with Crippen molar-refractivity contribution in [3.63, 3.8) is 0 Å². The Balaban J connectivity index is 1.96. The maximum Gasteiger partial charge on any atom is 0.422 e. The zero-order chi connectivity index (χ0) is 21.6. The first kappa shape index (κ1) is 20.6. The van der Waals surface area contributed by atoms with Crippen LogP contribution in [0.15, 0.2) is 18.2 Å². The zero-order valence-electron chi connectivity index (χ0n) is 16.0. The van der Waals surface area contributed by atoms with E-state index in [4.69, 9.17) is 4.74 Å². The molecule has 2 heterocycles. The van der Waals surface area contributed by atoms with Crippen LogP contribution in [0.4, 0.5) is 23.7 Å². The monoisotopic (exact) mass is 412 g/mol. The molecule has 11 heteroatoms. The number of hydrogen-bond donors (Lipinski definition) is 1. The number of alkyl halides is 3. The molecule has 0 bridgehead atoms. The Morgan fingerprint density at radius 2 is 2.00 bits per heavy atom. The lowest BCUT2D eigenvalue weighted by Crippen LogP contribution is -2.39. The standard InChI is InChI=1S/C18H19F3N4O4/c1-17(2,3)29-16(26)24-7-6-13-11(9-24)15(23-22-13)10-4-5-12(18(19,20)21)14(8-10)25(27)28/h4-5,8H,6-7,9H2,1-3H3,(H,22,23). The Labute approximate surface area is 163 Å². The van der Waals surface area contributed by atoms with Gasteiger partial charge in [0, 0.05) is 35.9 Å². The Kier molecular flexibility index (Phi) is 5.01. The van der Waals surface area contributed by atoms with Crippen LogP contribution in [0.25, 0.3) is 11.3 Å². The zero-order valence-corrected chi connectivity index (χ0v) is 16.0. The predicted octanol–water partition coefficient (Wildman–Crippen LogP) is 4.30. The molecule has 1 aromatic heterocycles. The van der Waals surface area contributed by atoms with Crippen LogP contribution in [0.2, 0.25) is 0 Å². The highest BCUT2D eigenvalue weighted by atomic mass is 19.4. The lowest BCUT2D eigenvalue weighted by molar-refractivity contribution is -0.388. The summed E-state index contributed by atoms with van der Waals surface area (Å²) in [7, 11) is 0. The Hall–Kier alpha value is -3.11. The molecule has 1 aromatic carbocycles. The third kappa shape index (κ3) is 4.33. The van der Waals surface area contributed by atoms with Gasteiger partial charge in [-0.25, -0.2) is 4.79 Å². The number of rotatable bonds is 2. The molecule has 2 aromatic rings. The second-order valence-electron chi connectivity index (χ2n) is 7.67. The Bertz CT molecular complexity index is 963. The van der Waals surface area contributed by atoms with E-state index in [9.17, 15) is 28.1 Å². The highest BCUT2D eigenvalue weighted by Gasteiger charge is 2.38. The smallest absolute Gasteiger partial charge is 0.422 e. The number of H-pyrrole nitrogens is 1. The van der Waals surface area contributed by atoms with Gasteiger partial charge in [-0.2, -0.15) is 18.3 Å². The van der Waals surface area contributed by atoms with E-state index in [1.165, 1.54) is 4.90 Å². The molecular weight excluding hydrogens is 393 g/mol. The Morgan fingerprint density at radius 1 is 1.31 bits per heavy atom. The number of carbonyl (C=O) groups is 1. The van der Waals surface area contributed by atoms with Crippen LogP contribution in [-0.4, -0.2) is 38.3 Å². The fourth-order valence-corrected chi connectivity index (χ4v) is 3.09. The predicted molar refractivity (Wildman–Crippen MR) is 96.0 cm³/mol. The summed E-state index contributed by atoms with van der Waals surface area (Å²) in [6.07, 6.45) is -4.92. The molecule has 1 N–H and O–H groups in total. The van der Waals surface area contributed by atoms with Crippen molar-refractivity contribution in [3.05, 3.63) is 45.1 Å². The number of aromatic amines is 1. The first-order valence-corrected chi connectivity index (χ1v) is 8.77. The van der Waals surface area contributed by atoms with E-state index in [-0.39, 0.29) is 17.8 Å². The van der Waals surface area contributed by atoms with Crippen molar-refractivity contribution in [2.45, 2.75) is 45.5 Å². The van der Waals surface area contributed by atoms with E-state index in [1.54, 1.807) is 20.8 Å². The number of benzene rings is 1. The van der Waals surface area contributed by atoms with E-state index < -0.39 is 34.0 Å². The summed E-state index contributed by atoms with van der Waals surface area (Å²) in [6.45, 7) is 5.74. The van der Waals surface area contributed by atoms with Gasteiger partial charge in [0.15, 0.2) is 0 Å². The van der Waals surface area contributed by atoms with Crippen molar-refractivity contribution in [2.24, 2.45) is 0 Å². The summed E-state index contributed by atoms with van der Waals surface area (Å²) >= 11 is 0. The number of aromatic nitrogens is 2. The minimum absolute atomic E-state index is 0.130. The number of nitro benzene ring substituents is 1. The highest BCUT2D eigenvalue weighted by molar-refractivity contribution is 5.72. The summed E-state index contributed by atoms with van der Waals surface area (Å²) in [5, 5.41) is 18.1. The van der Waals surface area contributed by atoms with Gasteiger partial charge in [-0.1, -0.05) is 6.07 Å². The largest absolute Gasteiger partial charge is 0.444 e. The lowest BCUT2D eigenvalue weighted by Gasteiger charge is -2.30. The van der Waals surface area contributed by atoms with Gasteiger partial charge in [0.05, 0.1) is 17.2 Å². The van der Waals surface area contributed by atoms with Gasteiger partial charge in [0.2, 0.25) is 0 Å². The number of nitrogens with zero attached hydrogens (tertiary/aromatic N) is 3. The molecule has 3 rings (SSSR count). The van der Waals surface area contributed by atoms with Crippen molar-refractivity contribution < 1.29 is 27.6 Å². The molecule has 8 nitrogen and oxygen atoms in total. The number of amides is 1. The quantitative estimate of drug-likeness (QED) is 0.585. The molecular formula is C18H19F3N4O4. The van der Waals surface area contributed by atoms with Crippen LogP contribution in [0.1, 0.15) is 37.6 Å². The molecule has 0 spiro atoms. The fourth-order valence-electron chi connectivity index (χ4n) is 3.09.